The van der Waals surface area contributed by atoms with Gasteiger partial charge in [-0.1, -0.05) is 13.8 Å². The van der Waals surface area contributed by atoms with Gasteiger partial charge < -0.3 is 10.4 Å². The summed E-state index contributed by atoms with van der Waals surface area (Å²) in [5.74, 6) is 0.776. The van der Waals surface area contributed by atoms with Crippen molar-refractivity contribution in [3.8, 4) is 0 Å². The Morgan fingerprint density at radius 2 is 2.25 bits per heavy atom. The molecule has 0 aliphatic rings. The second-order valence-electron chi connectivity index (χ2n) is 4.30. The Hall–Kier alpha value is -1.36. The summed E-state index contributed by atoms with van der Waals surface area (Å²) in [5.41, 5.74) is 0.992. The molecule has 0 fully saturated rings. The van der Waals surface area contributed by atoms with Crippen LogP contribution in [0.15, 0.2) is 6.07 Å². The molecule has 16 heavy (non-hydrogen) atoms. The molecule has 0 aliphatic carbocycles. The highest BCUT2D eigenvalue weighted by atomic mass is 16.3. The highest BCUT2D eigenvalue weighted by Gasteiger charge is 2.08. The number of anilines is 1. The van der Waals surface area contributed by atoms with Crippen LogP contribution in [0.2, 0.25) is 0 Å². The monoisotopic (exact) mass is 225 g/mol. The molecule has 1 rings (SSSR count). The molecule has 5 nitrogen and oxygen atoms in total. The molecule has 5 heteroatoms. The lowest BCUT2D eigenvalue weighted by Gasteiger charge is -2.03. The average molecular weight is 225 g/mol. The Morgan fingerprint density at radius 1 is 1.56 bits per heavy atom. The lowest BCUT2D eigenvalue weighted by molar-refractivity contribution is -0.116. The third kappa shape index (κ3) is 4.02. The summed E-state index contributed by atoms with van der Waals surface area (Å²) in [6, 6.07) is 1.82. The number of rotatable bonds is 5. The van der Waals surface area contributed by atoms with E-state index < -0.39 is 6.10 Å². The number of carbonyl (C=O) groups is 1. The van der Waals surface area contributed by atoms with Crippen molar-refractivity contribution >= 4 is 11.7 Å². The number of nitrogens with zero attached hydrogens (tertiary/aromatic N) is 1. The third-order valence-electron chi connectivity index (χ3n) is 2.28. The second-order valence-corrected chi connectivity index (χ2v) is 4.30. The molecule has 1 heterocycles. The zero-order valence-electron chi connectivity index (χ0n) is 9.95. The number of hydrogen-bond donors (Lipinski definition) is 3. The predicted molar refractivity (Wildman–Crippen MR) is 62.2 cm³/mol. The summed E-state index contributed by atoms with van der Waals surface area (Å²) >= 11 is 0. The molecule has 0 aliphatic heterocycles. The van der Waals surface area contributed by atoms with Gasteiger partial charge in [-0.25, -0.2) is 0 Å². The number of aromatic amines is 1. The van der Waals surface area contributed by atoms with Gasteiger partial charge in [0, 0.05) is 18.2 Å². The van der Waals surface area contributed by atoms with Crippen LogP contribution in [0.3, 0.4) is 0 Å². The molecule has 1 aromatic heterocycles. The SMILES string of the molecule is CC(O)CCC(=O)Nc1cc(C(C)C)[nH]n1. The molecule has 0 saturated carbocycles. The van der Waals surface area contributed by atoms with Crippen LogP contribution >= 0.6 is 0 Å². The fourth-order valence-electron chi connectivity index (χ4n) is 1.24. The number of aromatic nitrogens is 2. The maximum absolute atomic E-state index is 11.4. The van der Waals surface area contributed by atoms with E-state index in [1.165, 1.54) is 0 Å². The van der Waals surface area contributed by atoms with Crippen molar-refractivity contribution in [3.63, 3.8) is 0 Å². The fourth-order valence-corrected chi connectivity index (χ4v) is 1.24. The van der Waals surface area contributed by atoms with Crippen molar-refractivity contribution in [1.29, 1.82) is 0 Å². The van der Waals surface area contributed by atoms with E-state index in [9.17, 15) is 4.79 Å². The molecule has 0 bridgehead atoms. The Balaban J connectivity index is 2.43. The minimum atomic E-state index is -0.448. The van der Waals surface area contributed by atoms with E-state index in [1.54, 1.807) is 6.92 Å². The number of carbonyl (C=O) groups excluding carboxylic acids is 1. The van der Waals surface area contributed by atoms with Crippen molar-refractivity contribution in [3.05, 3.63) is 11.8 Å². The molecule has 0 aromatic carbocycles. The molecular formula is C11H19N3O2. The van der Waals surface area contributed by atoms with Crippen molar-refractivity contribution in [2.45, 2.75) is 45.6 Å². The smallest absolute Gasteiger partial charge is 0.225 e. The number of aliphatic hydroxyl groups is 1. The van der Waals surface area contributed by atoms with Crippen molar-refractivity contribution < 1.29 is 9.90 Å². The summed E-state index contributed by atoms with van der Waals surface area (Å²) in [4.78, 5) is 11.4. The van der Waals surface area contributed by atoms with Crippen LogP contribution in [0.4, 0.5) is 5.82 Å². The lowest BCUT2D eigenvalue weighted by Crippen LogP contribution is -2.14. The van der Waals surface area contributed by atoms with E-state index in [2.05, 4.69) is 15.5 Å². The van der Waals surface area contributed by atoms with Crippen LogP contribution < -0.4 is 5.32 Å². The van der Waals surface area contributed by atoms with Gasteiger partial charge in [0.15, 0.2) is 5.82 Å². The van der Waals surface area contributed by atoms with E-state index in [0.29, 0.717) is 24.6 Å². The third-order valence-corrected chi connectivity index (χ3v) is 2.28. The van der Waals surface area contributed by atoms with E-state index >= 15 is 0 Å². The lowest BCUT2D eigenvalue weighted by atomic mass is 10.1. The van der Waals surface area contributed by atoms with Crippen LogP contribution in [-0.2, 0) is 4.79 Å². The molecule has 3 N–H and O–H groups in total. The first-order valence-electron chi connectivity index (χ1n) is 5.52. The molecule has 1 unspecified atom stereocenters. The minimum absolute atomic E-state index is 0.122. The van der Waals surface area contributed by atoms with E-state index in [4.69, 9.17) is 5.11 Å². The zero-order valence-corrected chi connectivity index (χ0v) is 9.95. The molecular weight excluding hydrogens is 206 g/mol. The maximum atomic E-state index is 11.4. The Morgan fingerprint density at radius 3 is 2.75 bits per heavy atom. The fraction of sp³-hybridized carbons (Fsp3) is 0.636. The van der Waals surface area contributed by atoms with Gasteiger partial charge in [-0.2, -0.15) is 5.10 Å². The summed E-state index contributed by atoms with van der Waals surface area (Å²) < 4.78 is 0. The van der Waals surface area contributed by atoms with Gasteiger partial charge >= 0.3 is 0 Å². The summed E-state index contributed by atoms with van der Waals surface area (Å²) in [6.07, 6.45) is 0.325. The summed E-state index contributed by atoms with van der Waals surface area (Å²) in [7, 11) is 0. The van der Waals surface area contributed by atoms with Gasteiger partial charge in [0.05, 0.1) is 6.10 Å². The number of nitrogens with one attached hydrogen (secondary N) is 2. The molecule has 1 atom stereocenters. The zero-order chi connectivity index (χ0) is 12.1. The van der Waals surface area contributed by atoms with Crippen LogP contribution in [0, 0.1) is 0 Å². The van der Waals surface area contributed by atoms with Crippen molar-refractivity contribution in [1.82, 2.24) is 10.2 Å². The first-order valence-corrected chi connectivity index (χ1v) is 5.52. The molecule has 1 amide bonds. The average Bonchev–Trinajstić information content (AvgIpc) is 2.63. The van der Waals surface area contributed by atoms with Crippen LogP contribution in [0.25, 0.3) is 0 Å². The van der Waals surface area contributed by atoms with Gasteiger partial charge in [-0.05, 0) is 19.3 Å². The summed E-state index contributed by atoms with van der Waals surface area (Å²) in [6.45, 7) is 5.76. The second kappa shape index (κ2) is 5.65. The number of H-pyrrole nitrogens is 1. The highest BCUT2D eigenvalue weighted by molar-refractivity contribution is 5.89. The van der Waals surface area contributed by atoms with E-state index in [0.717, 1.165) is 5.69 Å². The largest absolute Gasteiger partial charge is 0.393 e. The van der Waals surface area contributed by atoms with Gasteiger partial charge in [0.1, 0.15) is 0 Å². The maximum Gasteiger partial charge on any atom is 0.225 e. The van der Waals surface area contributed by atoms with Gasteiger partial charge in [0.2, 0.25) is 5.91 Å². The molecule has 1 aromatic rings. The number of aliphatic hydroxyl groups excluding tert-OH is 1. The van der Waals surface area contributed by atoms with E-state index in [1.807, 2.05) is 19.9 Å². The molecule has 0 spiro atoms. The first-order chi connectivity index (χ1) is 7.49. The Labute approximate surface area is 95.3 Å². The highest BCUT2D eigenvalue weighted by Crippen LogP contribution is 2.14. The number of amides is 1. The molecule has 90 valence electrons. The molecule has 0 saturated heterocycles. The van der Waals surface area contributed by atoms with Crippen molar-refractivity contribution in [2.24, 2.45) is 0 Å². The summed E-state index contributed by atoms with van der Waals surface area (Å²) in [5, 5.41) is 18.6. The van der Waals surface area contributed by atoms with Gasteiger partial charge in [-0.15, -0.1) is 0 Å². The molecule has 0 radical (unpaired) electrons. The Bertz CT molecular complexity index is 345. The first kappa shape index (κ1) is 12.7. The Kier molecular flexibility index (Phi) is 4.49. The van der Waals surface area contributed by atoms with Gasteiger partial charge in [0.25, 0.3) is 0 Å². The number of hydrogen-bond acceptors (Lipinski definition) is 3. The topological polar surface area (TPSA) is 78.0 Å². The van der Waals surface area contributed by atoms with Crippen LogP contribution in [0.5, 0.6) is 0 Å². The predicted octanol–water partition coefficient (Wildman–Crippen LogP) is 1.63. The van der Waals surface area contributed by atoms with Crippen LogP contribution in [0.1, 0.15) is 45.2 Å². The normalized spacial score (nSPS) is 12.8. The van der Waals surface area contributed by atoms with E-state index in [-0.39, 0.29) is 5.91 Å². The minimum Gasteiger partial charge on any atom is -0.393 e. The quantitative estimate of drug-likeness (QED) is 0.712. The van der Waals surface area contributed by atoms with Gasteiger partial charge in [-0.3, -0.25) is 9.89 Å². The van der Waals surface area contributed by atoms with Crippen LogP contribution in [-0.4, -0.2) is 27.3 Å². The van der Waals surface area contributed by atoms with Crippen molar-refractivity contribution in [2.75, 3.05) is 5.32 Å². The standard InChI is InChI=1S/C11H19N3O2/c1-7(2)9-6-10(14-13-9)12-11(16)5-4-8(3)15/h6-8,15H,4-5H2,1-3H3,(H2,12,13,14,16).